The predicted octanol–water partition coefficient (Wildman–Crippen LogP) is 4.85. The zero-order valence-corrected chi connectivity index (χ0v) is 22.5. The van der Waals surface area contributed by atoms with E-state index in [0.717, 1.165) is 29.5 Å². The summed E-state index contributed by atoms with van der Waals surface area (Å²) in [5.74, 6) is -0.0428. The van der Waals surface area contributed by atoms with Crippen LogP contribution in [0.4, 0.5) is 5.69 Å². The van der Waals surface area contributed by atoms with Crippen molar-refractivity contribution < 1.29 is 17.9 Å². The number of carbonyl (C=O) groups excluding carboxylic acids is 1. The highest BCUT2D eigenvalue weighted by molar-refractivity contribution is 7.92. The SMILES string of the molecule is CCOc1ccccc1N(CC(=O)NCc1cccc(CN2CCCC2)c1)S(=O)(=O)c1ccc(Cl)cc1. The highest BCUT2D eigenvalue weighted by Crippen LogP contribution is 2.32. The monoisotopic (exact) mass is 541 g/mol. The minimum atomic E-state index is -4.08. The van der Waals surface area contributed by atoms with Crippen molar-refractivity contribution in [2.45, 2.75) is 37.8 Å². The first-order valence-corrected chi connectivity index (χ1v) is 14.3. The van der Waals surface area contributed by atoms with Gasteiger partial charge in [0.1, 0.15) is 12.3 Å². The second kappa shape index (κ2) is 12.4. The van der Waals surface area contributed by atoms with Gasteiger partial charge < -0.3 is 10.1 Å². The molecule has 0 aliphatic carbocycles. The zero-order valence-electron chi connectivity index (χ0n) is 20.9. The Balaban J connectivity index is 1.52. The summed E-state index contributed by atoms with van der Waals surface area (Å²) in [5.41, 5.74) is 2.46. The molecule has 1 aliphatic rings. The number of nitrogens with zero attached hydrogens (tertiary/aromatic N) is 2. The number of carbonyl (C=O) groups is 1. The van der Waals surface area contributed by atoms with Gasteiger partial charge in [0.2, 0.25) is 5.91 Å². The number of likely N-dealkylation sites (tertiary alicyclic amines) is 1. The fourth-order valence-electron chi connectivity index (χ4n) is 4.40. The van der Waals surface area contributed by atoms with E-state index in [0.29, 0.717) is 29.6 Å². The van der Waals surface area contributed by atoms with Crippen LogP contribution in [-0.2, 0) is 27.9 Å². The van der Waals surface area contributed by atoms with Gasteiger partial charge in [0.15, 0.2) is 0 Å². The molecule has 1 aliphatic heterocycles. The molecule has 1 saturated heterocycles. The Hall–Kier alpha value is -3.07. The molecular weight excluding hydrogens is 510 g/mol. The van der Waals surface area contributed by atoms with Crippen LogP contribution in [0.1, 0.15) is 30.9 Å². The van der Waals surface area contributed by atoms with E-state index in [-0.39, 0.29) is 4.90 Å². The quantitative estimate of drug-likeness (QED) is 0.375. The van der Waals surface area contributed by atoms with E-state index < -0.39 is 22.5 Å². The first-order chi connectivity index (χ1) is 17.9. The molecule has 3 aromatic carbocycles. The number of halogens is 1. The van der Waals surface area contributed by atoms with Crippen molar-refractivity contribution in [1.82, 2.24) is 10.2 Å². The first kappa shape index (κ1) is 27.0. The maximum atomic E-state index is 13.7. The zero-order chi connectivity index (χ0) is 26.3. The lowest BCUT2D eigenvalue weighted by molar-refractivity contribution is -0.119. The second-order valence-corrected chi connectivity index (χ2v) is 11.2. The average Bonchev–Trinajstić information content (AvgIpc) is 3.40. The standard InChI is InChI=1S/C28H32ClN3O4S/c1-2-36-27-11-4-3-10-26(27)32(37(34,35)25-14-12-24(29)13-15-25)21-28(33)30-19-22-8-7-9-23(18-22)20-31-16-5-6-17-31/h3-4,7-15,18H,2,5-6,16-17,19-21H2,1H3,(H,30,33). The summed E-state index contributed by atoms with van der Waals surface area (Å²) < 4.78 is 34.1. The molecular formula is C28H32ClN3O4S. The third kappa shape index (κ3) is 7.03. The molecule has 1 N–H and O–H groups in total. The van der Waals surface area contributed by atoms with Crippen molar-refractivity contribution in [1.29, 1.82) is 0 Å². The molecule has 1 fully saturated rings. The van der Waals surface area contributed by atoms with Gasteiger partial charge in [-0.1, -0.05) is 48.0 Å². The fraction of sp³-hybridized carbons (Fsp3) is 0.321. The summed E-state index contributed by atoms with van der Waals surface area (Å²) >= 11 is 5.97. The second-order valence-electron chi connectivity index (χ2n) is 8.95. The van der Waals surface area contributed by atoms with Crippen LogP contribution >= 0.6 is 11.6 Å². The summed E-state index contributed by atoms with van der Waals surface area (Å²) in [7, 11) is -4.08. The average molecular weight is 542 g/mol. The number of rotatable bonds is 11. The molecule has 1 amide bonds. The predicted molar refractivity (Wildman–Crippen MR) is 146 cm³/mol. The van der Waals surface area contributed by atoms with Gasteiger partial charge in [-0.3, -0.25) is 14.0 Å². The molecule has 7 nitrogen and oxygen atoms in total. The van der Waals surface area contributed by atoms with Crippen LogP contribution in [-0.4, -0.2) is 45.5 Å². The third-order valence-corrected chi connectivity index (χ3v) is 8.23. The largest absolute Gasteiger partial charge is 0.492 e. The molecule has 3 aromatic rings. The summed E-state index contributed by atoms with van der Waals surface area (Å²) in [6, 6.07) is 20.8. The van der Waals surface area contributed by atoms with Crippen molar-refractivity contribution >= 4 is 33.2 Å². The molecule has 0 bridgehead atoms. The van der Waals surface area contributed by atoms with Crippen molar-refractivity contribution in [2.75, 3.05) is 30.5 Å². The molecule has 0 aromatic heterocycles. The van der Waals surface area contributed by atoms with Gasteiger partial charge in [-0.25, -0.2) is 8.42 Å². The van der Waals surface area contributed by atoms with Crippen molar-refractivity contribution in [2.24, 2.45) is 0 Å². The van der Waals surface area contributed by atoms with E-state index in [1.54, 1.807) is 24.3 Å². The smallest absolute Gasteiger partial charge is 0.264 e. The molecule has 0 unspecified atom stereocenters. The number of nitrogens with one attached hydrogen (secondary N) is 1. The van der Waals surface area contributed by atoms with Crippen LogP contribution in [0.25, 0.3) is 0 Å². The van der Waals surface area contributed by atoms with Gasteiger partial charge in [-0.2, -0.15) is 0 Å². The fourth-order valence-corrected chi connectivity index (χ4v) is 5.96. The lowest BCUT2D eigenvalue weighted by atomic mass is 10.1. The molecule has 1 heterocycles. The van der Waals surface area contributed by atoms with E-state index in [4.69, 9.17) is 16.3 Å². The molecule has 4 rings (SSSR count). The number of para-hydroxylation sites is 2. The van der Waals surface area contributed by atoms with Crippen LogP contribution in [0.5, 0.6) is 5.75 Å². The lowest BCUT2D eigenvalue weighted by Crippen LogP contribution is -2.40. The van der Waals surface area contributed by atoms with E-state index in [2.05, 4.69) is 22.3 Å². The molecule has 0 radical (unpaired) electrons. The van der Waals surface area contributed by atoms with E-state index in [9.17, 15) is 13.2 Å². The van der Waals surface area contributed by atoms with E-state index in [1.807, 2.05) is 19.1 Å². The minimum Gasteiger partial charge on any atom is -0.492 e. The maximum absolute atomic E-state index is 13.7. The summed E-state index contributed by atoms with van der Waals surface area (Å²) in [6.07, 6.45) is 2.47. The van der Waals surface area contributed by atoms with Crippen molar-refractivity contribution in [3.63, 3.8) is 0 Å². The Labute approximate surface area is 224 Å². The van der Waals surface area contributed by atoms with Gasteiger partial charge in [0.05, 0.1) is 17.2 Å². The van der Waals surface area contributed by atoms with Crippen LogP contribution < -0.4 is 14.4 Å². The Kier molecular flexibility index (Phi) is 9.08. The van der Waals surface area contributed by atoms with Gasteiger partial charge in [0, 0.05) is 18.1 Å². The Morgan fingerprint density at radius 1 is 1.00 bits per heavy atom. The van der Waals surface area contributed by atoms with Crippen molar-refractivity contribution in [3.05, 3.63) is 88.9 Å². The molecule has 0 saturated carbocycles. The van der Waals surface area contributed by atoms with Gasteiger partial charge in [0.25, 0.3) is 10.0 Å². The van der Waals surface area contributed by atoms with Crippen LogP contribution in [0.3, 0.4) is 0 Å². The topological polar surface area (TPSA) is 79.0 Å². The summed E-state index contributed by atoms with van der Waals surface area (Å²) in [5, 5.41) is 3.30. The number of hydrogen-bond acceptors (Lipinski definition) is 5. The van der Waals surface area contributed by atoms with Gasteiger partial charge in [-0.05, 0) is 80.4 Å². The Morgan fingerprint density at radius 2 is 1.70 bits per heavy atom. The number of hydrogen-bond donors (Lipinski definition) is 1. The summed E-state index contributed by atoms with van der Waals surface area (Å²) in [4.78, 5) is 15.5. The first-order valence-electron chi connectivity index (χ1n) is 12.4. The molecule has 196 valence electrons. The third-order valence-electron chi connectivity index (χ3n) is 6.21. The van der Waals surface area contributed by atoms with E-state index in [1.165, 1.54) is 42.7 Å². The number of benzene rings is 3. The molecule has 37 heavy (non-hydrogen) atoms. The highest BCUT2D eigenvalue weighted by atomic mass is 35.5. The maximum Gasteiger partial charge on any atom is 0.264 e. The van der Waals surface area contributed by atoms with Gasteiger partial charge in [-0.15, -0.1) is 0 Å². The van der Waals surface area contributed by atoms with E-state index >= 15 is 0 Å². The molecule has 9 heteroatoms. The Morgan fingerprint density at radius 3 is 2.43 bits per heavy atom. The normalized spacial score (nSPS) is 13.9. The van der Waals surface area contributed by atoms with Crippen LogP contribution in [0.2, 0.25) is 5.02 Å². The van der Waals surface area contributed by atoms with Crippen LogP contribution in [0.15, 0.2) is 77.7 Å². The van der Waals surface area contributed by atoms with Crippen molar-refractivity contribution in [3.8, 4) is 5.75 Å². The summed E-state index contributed by atoms with van der Waals surface area (Å²) in [6.45, 7) is 5.19. The Bertz CT molecular complexity index is 1310. The molecule has 0 spiro atoms. The number of anilines is 1. The number of sulfonamides is 1. The highest BCUT2D eigenvalue weighted by Gasteiger charge is 2.29. The number of ether oxygens (including phenoxy) is 1. The molecule has 0 atom stereocenters. The minimum absolute atomic E-state index is 0.0330. The van der Waals surface area contributed by atoms with Crippen LogP contribution in [0, 0.1) is 0 Å². The van der Waals surface area contributed by atoms with Gasteiger partial charge >= 0.3 is 0 Å². The number of amides is 1. The lowest BCUT2D eigenvalue weighted by Gasteiger charge is -2.26.